The van der Waals surface area contributed by atoms with Gasteiger partial charge in [0.1, 0.15) is 0 Å². The summed E-state index contributed by atoms with van der Waals surface area (Å²) >= 11 is 5.55. The third kappa shape index (κ3) is 4.65. The highest BCUT2D eigenvalue weighted by atomic mass is 35.5. The summed E-state index contributed by atoms with van der Waals surface area (Å²) < 4.78 is 5.29. The van der Waals surface area contributed by atoms with Gasteiger partial charge in [0.15, 0.2) is 0 Å². The Balaban J connectivity index is 2.04. The van der Waals surface area contributed by atoms with E-state index in [0.29, 0.717) is 0 Å². The van der Waals surface area contributed by atoms with Crippen molar-refractivity contribution >= 4 is 11.6 Å². The molecule has 3 heteroatoms. The first-order chi connectivity index (χ1) is 6.33. The van der Waals surface area contributed by atoms with Gasteiger partial charge in [-0.25, -0.2) is 0 Å². The van der Waals surface area contributed by atoms with Gasteiger partial charge < -0.3 is 10.1 Å². The lowest BCUT2D eigenvalue weighted by Crippen LogP contribution is -2.28. The molecule has 76 valence electrons. The molecule has 0 atom stereocenters. The van der Waals surface area contributed by atoms with E-state index in [9.17, 15) is 0 Å². The maximum absolute atomic E-state index is 5.55. The number of nitrogens with one attached hydrogen (secondary N) is 1. The smallest absolute Gasteiger partial charge is 0.0469 e. The zero-order chi connectivity index (χ0) is 9.52. The van der Waals surface area contributed by atoms with Crippen LogP contribution in [0, 0.1) is 5.92 Å². The van der Waals surface area contributed by atoms with Crippen molar-refractivity contribution in [3.05, 3.63) is 11.1 Å². The van der Waals surface area contributed by atoms with E-state index < -0.39 is 0 Å². The molecule has 0 radical (unpaired) electrons. The van der Waals surface area contributed by atoms with Crippen LogP contribution in [-0.2, 0) is 4.74 Å². The minimum absolute atomic E-state index is 0.789. The van der Waals surface area contributed by atoms with E-state index in [1.165, 1.54) is 18.4 Å². The molecule has 1 aliphatic heterocycles. The standard InChI is InChI=1S/C10H18ClNO/c1-9(6-11)7-12-8-10-2-4-13-5-3-10/h6,10,12H,2-5,7-8H2,1H3. The van der Waals surface area contributed by atoms with Gasteiger partial charge in [0.05, 0.1) is 0 Å². The second kappa shape index (κ2) is 6.41. The van der Waals surface area contributed by atoms with Crippen molar-refractivity contribution in [3.63, 3.8) is 0 Å². The number of halogens is 1. The highest BCUT2D eigenvalue weighted by Gasteiger charge is 2.12. The summed E-state index contributed by atoms with van der Waals surface area (Å²) in [6, 6.07) is 0. The van der Waals surface area contributed by atoms with Crippen molar-refractivity contribution in [2.24, 2.45) is 5.92 Å². The van der Waals surface area contributed by atoms with E-state index in [2.05, 4.69) is 5.32 Å². The van der Waals surface area contributed by atoms with Crippen molar-refractivity contribution in [2.75, 3.05) is 26.3 Å². The molecule has 13 heavy (non-hydrogen) atoms. The lowest BCUT2D eigenvalue weighted by molar-refractivity contribution is 0.0666. The monoisotopic (exact) mass is 203 g/mol. The lowest BCUT2D eigenvalue weighted by Gasteiger charge is -2.22. The Labute approximate surface area is 85.3 Å². The van der Waals surface area contributed by atoms with Crippen LogP contribution in [0.15, 0.2) is 11.1 Å². The highest BCUT2D eigenvalue weighted by molar-refractivity contribution is 6.25. The van der Waals surface area contributed by atoms with E-state index in [4.69, 9.17) is 16.3 Å². The molecule has 0 unspecified atom stereocenters. The first-order valence-corrected chi connectivity index (χ1v) is 5.31. The third-order valence-corrected chi connectivity index (χ3v) is 2.74. The molecular weight excluding hydrogens is 186 g/mol. The predicted octanol–water partition coefficient (Wildman–Crippen LogP) is 2.15. The molecule has 0 spiro atoms. The topological polar surface area (TPSA) is 21.3 Å². The molecule has 1 fully saturated rings. The first-order valence-electron chi connectivity index (χ1n) is 4.87. The van der Waals surface area contributed by atoms with Crippen LogP contribution in [0.2, 0.25) is 0 Å². The van der Waals surface area contributed by atoms with Crippen molar-refractivity contribution in [1.82, 2.24) is 5.32 Å². The molecule has 1 saturated heterocycles. The van der Waals surface area contributed by atoms with Gasteiger partial charge in [0.2, 0.25) is 0 Å². The molecule has 0 aromatic heterocycles. The van der Waals surface area contributed by atoms with E-state index >= 15 is 0 Å². The van der Waals surface area contributed by atoms with Gasteiger partial charge in [-0.1, -0.05) is 11.6 Å². The van der Waals surface area contributed by atoms with E-state index in [1.54, 1.807) is 5.54 Å². The van der Waals surface area contributed by atoms with Crippen LogP contribution in [0.1, 0.15) is 19.8 Å². The fourth-order valence-corrected chi connectivity index (χ4v) is 1.54. The van der Waals surface area contributed by atoms with Crippen molar-refractivity contribution in [2.45, 2.75) is 19.8 Å². The fourth-order valence-electron chi connectivity index (χ4n) is 1.46. The van der Waals surface area contributed by atoms with Crippen LogP contribution in [0.4, 0.5) is 0 Å². The summed E-state index contributed by atoms with van der Waals surface area (Å²) in [4.78, 5) is 0. The Morgan fingerprint density at radius 1 is 1.54 bits per heavy atom. The molecular formula is C10H18ClNO. The summed E-state index contributed by atoms with van der Waals surface area (Å²) in [6.07, 6.45) is 2.38. The van der Waals surface area contributed by atoms with Crippen LogP contribution in [-0.4, -0.2) is 26.3 Å². The summed E-state index contributed by atoms with van der Waals surface area (Å²) in [6.45, 7) is 5.88. The largest absolute Gasteiger partial charge is 0.381 e. The normalized spacial score (nSPS) is 20.6. The molecule has 1 rings (SSSR count). The van der Waals surface area contributed by atoms with Crippen molar-refractivity contribution in [1.29, 1.82) is 0 Å². The maximum Gasteiger partial charge on any atom is 0.0469 e. The van der Waals surface area contributed by atoms with Crippen molar-refractivity contribution < 1.29 is 4.74 Å². The molecule has 0 bridgehead atoms. The van der Waals surface area contributed by atoms with E-state index in [1.807, 2.05) is 6.92 Å². The van der Waals surface area contributed by atoms with E-state index in [-0.39, 0.29) is 0 Å². The van der Waals surface area contributed by atoms with Gasteiger partial charge in [0.25, 0.3) is 0 Å². The molecule has 1 heterocycles. The summed E-state index contributed by atoms with van der Waals surface area (Å²) in [5.41, 5.74) is 2.82. The molecule has 1 aliphatic rings. The minimum Gasteiger partial charge on any atom is -0.381 e. The number of rotatable bonds is 4. The van der Waals surface area contributed by atoms with Crippen LogP contribution in [0.5, 0.6) is 0 Å². The van der Waals surface area contributed by atoms with Gasteiger partial charge in [-0.15, -0.1) is 0 Å². The van der Waals surface area contributed by atoms with Gasteiger partial charge in [-0.2, -0.15) is 0 Å². The Morgan fingerprint density at radius 2 is 2.23 bits per heavy atom. The summed E-state index contributed by atoms with van der Waals surface area (Å²) in [5.74, 6) is 0.789. The molecule has 0 saturated carbocycles. The first kappa shape index (κ1) is 11.0. The molecule has 0 amide bonds. The van der Waals surface area contributed by atoms with Crippen LogP contribution < -0.4 is 5.32 Å². The van der Waals surface area contributed by atoms with Crippen LogP contribution in [0.25, 0.3) is 0 Å². The highest BCUT2D eigenvalue weighted by Crippen LogP contribution is 2.13. The molecule has 2 nitrogen and oxygen atoms in total. The predicted molar refractivity (Wildman–Crippen MR) is 56.0 cm³/mol. The lowest BCUT2D eigenvalue weighted by atomic mass is 10.0. The molecule has 0 aromatic rings. The second-order valence-electron chi connectivity index (χ2n) is 3.64. The Bertz CT molecular complexity index is 164. The molecule has 1 N–H and O–H groups in total. The van der Waals surface area contributed by atoms with Crippen LogP contribution in [0.3, 0.4) is 0 Å². The second-order valence-corrected chi connectivity index (χ2v) is 3.86. The third-order valence-electron chi connectivity index (χ3n) is 2.36. The summed E-state index contributed by atoms with van der Waals surface area (Å²) in [7, 11) is 0. The number of ether oxygens (including phenoxy) is 1. The van der Waals surface area contributed by atoms with Crippen LogP contribution >= 0.6 is 11.6 Å². The number of hydrogen-bond acceptors (Lipinski definition) is 2. The average molecular weight is 204 g/mol. The zero-order valence-corrected chi connectivity index (χ0v) is 8.94. The molecule has 0 aromatic carbocycles. The molecule has 0 aliphatic carbocycles. The minimum atomic E-state index is 0.789. The quantitative estimate of drug-likeness (QED) is 0.756. The Kier molecular flexibility index (Phi) is 5.44. The Hall–Kier alpha value is -0.0500. The van der Waals surface area contributed by atoms with Gasteiger partial charge in [-0.3, -0.25) is 0 Å². The van der Waals surface area contributed by atoms with Gasteiger partial charge in [-0.05, 0) is 37.8 Å². The summed E-state index contributed by atoms with van der Waals surface area (Å²) in [5, 5.41) is 3.40. The van der Waals surface area contributed by atoms with Crippen molar-refractivity contribution in [3.8, 4) is 0 Å². The van der Waals surface area contributed by atoms with E-state index in [0.717, 1.165) is 32.2 Å². The Morgan fingerprint density at radius 3 is 2.85 bits per heavy atom. The fraction of sp³-hybridized carbons (Fsp3) is 0.800. The zero-order valence-electron chi connectivity index (χ0n) is 8.18. The average Bonchev–Trinajstić information content (AvgIpc) is 2.19. The van der Waals surface area contributed by atoms with Gasteiger partial charge in [0, 0.05) is 25.3 Å². The number of hydrogen-bond donors (Lipinski definition) is 1. The van der Waals surface area contributed by atoms with Gasteiger partial charge >= 0.3 is 0 Å². The maximum atomic E-state index is 5.55. The SMILES string of the molecule is CC(=CCl)CNCC1CCOCC1.